The minimum atomic E-state index is 0.573. The summed E-state index contributed by atoms with van der Waals surface area (Å²) in [4.78, 5) is 0. The van der Waals surface area contributed by atoms with Crippen molar-refractivity contribution in [2.75, 3.05) is 0 Å². The summed E-state index contributed by atoms with van der Waals surface area (Å²) >= 11 is 7.26. The second kappa shape index (κ2) is 3.30. The highest BCUT2D eigenvalue weighted by Gasteiger charge is 2.27. The third kappa shape index (κ3) is 1.48. The van der Waals surface area contributed by atoms with Gasteiger partial charge in [0, 0.05) is 5.92 Å². The van der Waals surface area contributed by atoms with Crippen LogP contribution in [0.2, 0.25) is 4.47 Å². The molecule has 2 atom stereocenters. The van der Waals surface area contributed by atoms with Gasteiger partial charge in [-0.3, -0.25) is 0 Å². The molecule has 1 heterocycles. The minimum absolute atomic E-state index is 0.573. The van der Waals surface area contributed by atoms with Crippen molar-refractivity contribution in [2.45, 2.75) is 32.1 Å². The molecule has 2 nitrogen and oxygen atoms in total. The van der Waals surface area contributed by atoms with Crippen LogP contribution in [0, 0.1) is 5.92 Å². The molecule has 1 aliphatic carbocycles. The first-order valence-electron chi connectivity index (χ1n) is 4.26. The minimum Gasteiger partial charge on any atom is -0.142 e. The molecule has 2 unspecified atom stereocenters. The first kappa shape index (κ1) is 8.45. The van der Waals surface area contributed by atoms with Gasteiger partial charge in [0.2, 0.25) is 4.47 Å². The summed E-state index contributed by atoms with van der Waals surface area (Å²) < 4.78 is 0.573. The number of halogens is 1. The van der Waals surface area contributed by atoms with Crippen LogP contribution in [-0.2, 0) is 0 Å². The van der Waals surface area contributed by atoms with Crippen molar-refractivity contribution < 1.29 is 0 Å². The zero-order valence-corrected chi connectivity index (χ0v) is 8.53. The maximum atomic E-state index is 5.73. The SMILES string of the molecule is CC1CCCC1c1nnc(Cl)s1. The van der Waals surface area contributed by atoms with Gasteiger partial charge in [-0.05, 0) is 23.9 Å². The Balaban J connectivity index is 2.19. The van der Waals surface area contributed by atoms with Crippen molar-refractivity contribution >= 4 is 22.9 Å². The Kier molecular flexibility index (Phi) is 2.33. The molecule has 0 spiro atoms. The first-order valence-corrected chi connectivity index (χ1v) is 5.45. The van der Waals surface area contributed by atoms with Crippen LogP contribution in [-0.4, -0.2) is 10.2 Å². The van der Waals surface area contributed by atoms with E-state index in [9.17, 15) is 0 Å². The fourth-order valence-electron chi connectivity index (χ4n) is 1.88. The van der Waals surface area contributed by atoms with Crippen LogP contribution in [0.25, 0.3) is 0 Å². The van der Waals surface area contributed by atoms with E-state index < -0.39 is 0 Å². The van der Waals surface area contributed by atoms with E-state index in [2.05, 4.69) is 17.1 Å². The summed E-state index contributed by atoms with van der Waals surface area (Å²) in [5.41, 5.74) is 0. The summed E-state index contributed by atoms with van der Waals surface area (Å²) in [5, 5.41) is 9.04. The van der Waals surface area contributed by atoms with Crippen LogP contribution >= 0.6 is 22.9 Å². The number of nitrogens with zero attached hydrogens (tertiary/aromatic N) is 2. The molecule has 12 heavy (non-hydrogen) atoms. The van der Waals surface area contributed by atoms with E-state index in [-0.39, 0.29) is 0 Å². The normalized spacial score (nSPS) is 29.5. The molecular weight excluding hydrogens is 192 g/mol. The number of hydrogen-bond donors (Lipinski definition) is 0. The predicted molar refractivity (Wildman–Crippen MR) is 50.7 cm³/mol. The summed E-state index contributed by atoms with van der Waals surface area (Å²) in [6.07, 6.45) is 3.90. The molecule has 2 rings (SSSR count). The Morgan fingerprint density at radius 3 is 2.75 bits per heavy atom. The molecule has 0 amide bonds. The number of rotatable bonds is 1. The summed E-state index contributed by atoms with van der Waals surface area (Å²) in [6.45, 7) is 2.28. The highest BCUT2D eigenvalue weighted by Crippen LogP contribution is 2.40. The van der Waals surface area contributed by atoms with Gasteiger partial charge in [-0.1, -0.05) is 31.1 Å². The van der Waals surface area contributed by atoms with Crippen molar-refractivity contribution in [1.29, 1.82) is 0 Å². The highest BCUT2D eigenvalue weighted by molar-refractivity contribution is 7.15. The van der Waals surface area contributed by atoms with E-state index in [0.29, 0.717) is 10.4 Å². The monoisotopic (exact) mass is 202 g/mol. The molecular formula is C8H11ClN2S. The van der Waals surface area contributed by atoms with E-state index >= 15 is 0 Å². The molecule has 66 valence electrons. The zero-order chi connectivity index (χ0) is 8.55. The summed E-state index contributed by atoms with van der Waals surface area (Å²) in [7, 11) is 0. The Hall–Kier alpha value is -0.150. The lowest BCUT2D eigenvalue weighted by Gasteiger charge is -2.09. The van der Waals surface area contributed by atoms with Crippen molar-refractivity contribution in [3.05, 3.63) is 9.47 Å². The Morgan fingerprint density at radius 1 is 1.42 bits per heavy atom. The van der Waals surface area contributed by atoms with Crippen LogP contribution in [0.15, 0.2) is 0 Å². The molecule has 0 aromatic carbocycles. The zero-order valence-electron chi connectivity index (χ0n) is 6.96. The maximum Gasteiger partial charge on any atom is 0.207 e. The van der Waals surface area contributed by atoms with E-state index in [1.165, 1.54) is 30.6 Å². The predicted octanol–water partition coefficient (Wildman–Crippen LogP) is 3.10. The van der Waals surface area contributed by atoms with E-state index in [1.54, 1.807) is 0 Å². The van der Waals surface area contributed by atoms with Gasteiger partial charge in [0.15, 0.2) is 0 Å². The summed E-state index contributed by atoms with van der Waals surface area (Å²) in [6, 6.07) is 0. The lowest BCUT2D eigenvalue weighted by Crippen LogP contribution is -2.00. The van der Waals surface area contributed by atoms with E-state index in [4.69, 9.17) is 11.6 Å². The van der Waals surface area contributed by atoms with Gasteiger partial charge in [-0.25, -0.2) is 0 Å². The van der Waals surface area contributed by atoms with Gasteiger partial charge in [0.05, 0.1) is 0 Å². The van der Waals surface area contributed by atoms with Gasteiger partial charge in [-0.15, -0.1) is 10.2 Å². The third-order valence-corrected chi connectivity index (χ3v) is 3.75. The van der Waals surface area contributed by atoms with Crippen LogP contribution in [0.1, 0.15) is 37.1 Å². The van der Waals surface area contributed by atoms with Crippen molar-refractivity contribution in [3.8, 4) is 0 Å². The van der Waals surface area contributed by atoms with Gasteiger partial charge in [-0.2, -0.15) is 0 Å². The van der Waals surface area contributed by atoms with Crippen molar-refractivity contribution in [1.82, 2.24) is 10.2 Å². The lowest BCUT2D eigenvalue weighted by molar-refractivity contribution is 0.527. The molecule has 1 saturated carbocycles. The van der Waals surface area contributed by atoms with Gasteiger partial charge in [0.25, 0.3) is 0 Å². The Morgan fingerprint density at radius 2 is 2.25 bits per heavy atom. The molecule has 0 bridgehead atoms. The Bertz CT molecular complexity index is 274. The molecule has 1 aromatic rings. The second-order valence-corrected chi connectivity index (χ2v) is 5.00. The van der Waals surface area contributed by atoms with E-state index in [1.807, 2.05) is 0 Å². The first-order chi connectivity index (χ1) is 5.77. The highest BCUT2D eigenvalue weighted by atomic mass is 35.5. The molecule has 0 saturated heterocycles. The van der Waals surface area contributed by atoms with Crippen molar-refractivity contribution in [2.24, 2.45) is 5.92 Å². The number of hydrogen-bond acceptors (Lipinski definition) is 3. The molecule has 4 heteroatoms. The van der Waals surface area contributed by atoms with Crippen LogP contribution < -0.4 is 0 Å². The smallest absolute Gasteiger partial charge is 0.142 e. The molecule has 0 radical (unpaired) electrons. The Labute approximate surface area is 81.0 Å². The fourth-order valence-corrected chi connectivity index (χ4v) is 2.99. The molecule has 1 aliphatic rings. The number of aromatic nitrogens is 2. The average Bonchev–Trinajstić information content (AvgIpc) is 2.58. The second-order valence-electron chi connectivity index (χ2n) is 3.41. The molecule has 0 N–H and O–H groups in total. The van der Waals surface area contributed by atoms with Crippen LogP contribution in [0.4, 0.5) is 0 Å². The standard InChI is InChI=1S/C8H11ClN2S/c1-5-3-2-4-6(5)7-10-11-8(9)12-7/h5-6H,2-4H2,1H3. The van der Waals surface area contributed by atoms with Crippen LogP contribution in [0.3, 0.4) is 0 Å². The van der Waals surface area contributed by atoms with Crippen LogP contribution in [0.5, 0.6) is 0 Å². The van der Waals surface area contributed by atoms with Gasteiger partial charge >= 0.3 is 0 Å². The van der Waals surface area contributed by atoms with Crippen molar-refractivity contribution in [3.63, 3.8) is 0 Å². The lowest BCUT2D eigenvalue weighted by atomic mass is 9.99. The fraction of sp³-hybridized carbons (Fsp3) is 0.750. The maximum absolute atomic E-state index is 5.73. The summed E-state index contributed by atoms with van der Waals surface area (Å²) in [5.74, 6) is 1.38. The molecule has 1 aromatic heterocycles. The molecule has 0 aliphatic heterocycles. The quantitative estimate of drug-likeness (QED) is 0.700. The third-order valence-electron chi connectivity index (χ3n) is 2.59. The van der Waals surface area contributed by atoms with Gasteiger partial charge < -0.3 is 0 Å². The topological polar surface area (TPSA) is 25.8 Å². The average molecular weight is 203 g/mol. The largest absolute Gasteiger partial charge is 0.207 e. The van der Waals surface area contributed by atoms with Gasteiger partial charge in [0.1, 0.15) is 5.01 Å². The molecule has 1 fully saturated rings. The van der Waals surface area contributed by atoms with E-state index in [0.717, 1.165) is 10.9 Å².